The molecule has 2 aromatic heterocycles. The Kier molecular flexibility index (Phi) is 6.25. The fraction of sp³-hybridized carbons (Fsp3) is 0.208. The Hall–Kier alpha value is -2.48. The molecule has 164 valence electrons. The summed E-state index contributed by atoms with van der Waals surface area (Å²) in [7, 11) is 0. The lowest BCUT2D eigenvalue weighted by Crippen LogP contribution is -2.24. The third-order valence-electron chi connectivity index (χ3n) is 4.53. The molecule has 0 aliphatic heterocycles. The van der Waals surface area contributed by atoms with Crippen LogP contribution in [0.2, 0.25) is 5.02 Å². The highest BCUT2D eigenvalue weighted by Gasteiger charge is 2.28. The van der Waals surface area contributed by atoms with Crippen molar-refractivity contribution in [2.75, 3.05) is 0 Å². The van der Waals surface area contributed by atoms with Crippen LogP contribution in [0.4, 0.5) is 0 Å². The molecule has 0 aliphatic rings. The molecule has 0 spiro atoms. The van der Waals surface area contributed by atoms with E-state index in [1.54, 1.807) is 45.0 Å². The van der Waals surface area contributed by atoms with Crippen LogP contribution in [-0.2, 0) is 11.2 Å². The molecule has 0 fully saturated rings. The molecule has 4 rings (SSSR count). The van der Waals surface area contributed by atoms with Gasteiger partial charge in [-0.1, -0.05) is 39.7 Å². The van der Waals surface area contributed by atoms with Crippen LogP contribution in [0.25, 0.3) is 22.2 Å². The molecule has 0 unspecified atom stereocenters. The van der Waals surface area contributed by atoms with Crippen molar-refractivity contribution in [2.24, 2.45) is 0 Å². The van der Waals surface area contributed by atoms with E-state index in [4.69, 9.17) is 20.8 Å². The van der Waals surface area contributed by atoms with Crippen LogP contribution in [0.15, 0.2) is 56.7 Å². The smallest absolute Gasteiger partial charge is 0.340 e. The number of hydrogen-bond acceptors (Lipinski definition) is 6. The molecule has 2 heterocycles. The average molecular weight is 533 g/mol. The predicted molar refractivity (Wildman–Crippen MR) is 130 cm³/mol. The van der Waals surface area contributed by atoms with Gasteiger partial charge in [-0.15, -0.1) is 11.3 Å². The summed E-state index contributed by atoms with van der Waals surface area (Å²) in [5.41, 5.74) is 2.33. The topological polar surface area (TPSA) is 69.4 Å². The number of fused-ring (bicyclic) bond motifs is 1. The molecule has 0 radical (unpaired) electrons. The average Bonchev–Trinajstić information content (AvgIpc) is 3.31. The summed E-state index contributed by atoms with van der Waals surface area (Å²) in [4.78, 5) is 31.0. The lowest BCUT2D eigenvalue weighted by atomic mass is 10.0. The number of ether oxygens (including phenoxy) is 1. The molecule has 0 saturated heterocycles. The third-order valence-corrected chi connectivity index (χ3v) is 6.27. The molecule has 32 heavy (non-hydrogen) atoms. The molecule has 5 nitrogen and oxygen atoms in total. The molecular formula is C24H19BrClNO4S. The fourth-order valence-electron chi connectivity index (χ4n) is 3.16. The number of halogens is 2. The maximum Gasteiger partial charge on any atom is 0.340 e. The van der Waals surface area contributed by atoms with E-state index in [2.05, 4.69) is 20.9 Å². The van der Waals surface area contributed by atoms with E-state index in [1.807, 2.05) is 23.6 Å². The van der Waals surface area contributed by atoms with Gasteiger partial charge in [-0.3, -0.25) is 4.79 Å². The first kappa shape index (κ1) is 22.7. The van der Waals surface area contributed by atoms with E-state index in [9.17, 15) is 9.59 Å². The highest BCUT2D eigenvalue weighted by molar-refractivity contribution is 9.10. The van der Waals surface area contributed by atoms with E-state index in [0.29, 0.717) is 32.1 Å². The standard InChI is InChI=1S/C24H19BrClNO4S/c1-24(2,3)31-23(29)21-16(13-4-7-15(26)8-5-13)12-32-20(21)11-18(28)22-27-17-10-14(25)6-9-19(17)30-22/h4-10,12H,11H2,1-3H3. The summed E-state index contributed by atoms with van der Waals surface area (Å²) in [6, 6.07) is 12.5. The van der Waals surface area contributed by atoms with Crippen LogP contribution >= 0.6 is 38.9 Å². The van der Waals surface area contributed by atoms with Gasteiger partial charge in [0, 0.05) is 19.9 Å². The number of benzene rings is 2. The van der Waals surface area contributed by atoms with Crippen LogP contribution < -0.4 is 0 Å². The minimum absolute atomic E-state index is 0.00896. The molecule has 0 atom stereocenters. The first-order valence-corrected chi connectivity index (χ1v) is 11.8. The second-order valence-corrected chi connectivity index (χ2v) is 10.5. The van der Waals surface area contributed by atoms with E-state index >= 15 is 0 Å². The maximum absolute atomic E-state index is 13.1. The minimum atomic E-state index is -0.675. The number of carbonyl (C=O) groups is 2. The lowest BCUT2D eigenvalue weighted by molar-refractivity contribution is 0.00702. The highest BCUT2D eigenvalue weighted by Crippen LogP contribution is 2.35. The van der Waals surface area contributed by atoms with Gasteiger partial charge in [0.25, 0.3) is 5.89 Å². The number of rotatable bonds is 5. The van der Waals surface area contributed by atoms with Gasteiger partial charge in [-0.25, -0.2) is 9.78 Å². The summed E-state index contributed by atoms with van der Waals surface area (Å²) in [6.07, 6.45) is -0.0270. The number of esters is 1. The number of thiophene rings is 1. The van der Waals surface area contributed by atoms with Crippen LogP contribution in [-0.4, -0.2) is 22.3 Å². The molecule has 0 amide bonds. The Labute approximate surface area is 202 Å². The van der Waals surface area contributed by atoms with Crippen molar-refractivity contribution in [3.05, 3.63) is 73.7 Å². The summed E-state index contributed by atoms with van der Waals surface area (Å²) < 4.78 is 12.1. The first-order valence-electron chi connectivity index (χ1n) is 9.79. The van der Waals surface area contributed by atoms with Crippen LogP contribution in [0, 0.1) is 0 Å². The molecule has 0 aliphatic carbocycles. The van der Waals surface area contributed by atoms with Gasteiger partial charge in [-0.05, 0) is 62.0 Å². The fourth-order valence-corrected chi connectivity index (χ4v) is 4.68. The van der Waals surface area contributed by atoms with Gasteiger partial charge in [0.05, 0.1) is 12.0 Å². The third kappa shape index (κ3) is 4.95. The van der Waals surface area contributed by atoms with Crippen LogP contribution in [0.3, 0.4) is 0 Å². The van der Waals surface area contributed by atoms with Crippen molar-refractivity contribution in [3.8, 4) is 11.1 Å². The van der Waals surface area contributed by atoms with Gasteiger partial charge < -0.3 is 9.15 Å². The second-order valence-electron chi connectivity index (χ2n) is 8.19. The number of oxazole rings is 1. The van der Waals surface area contributed by atoms with Gasteiger partial charge in [0.15, 0.2) is 5.58 Å². The zero-order valence-corrected chi connectivity index (χ0v) is 20.7. The molecule has 4 aromatic rings. The summed E-state index contributed by atoms with van der Waals surface area (Å²) >= 11 is 10.7. The zero-order valence-electron chi connectivity index (χ0n) is 17.6. The predicted octanol–water partition coefficient (Wildman–Crippen LogP) is 7.35. The monoisotopic (exact) mass is 531 g/mol. The van der Waals surface area contributed by atoms with E-state index in [1.165, 1.54) is 11.3 Å². The number of hydrogen-bond donors (Lipinski definition) is 0. The number of aromatic nitrogens is 1. The Morgan fingerprint density at radius 2 is 1.88 bits per heavy atom. The van der Waals surface area contributed by atoms with E-state index in [0.717, 1.165) is 10.0 Å². The van der Waals surface area contributed by atoms with Crippen LogP contribution in [0.5, 0.6) is 0 Å². The number of nitrogens with zero attached hydrogens (tertiary/aromatic N) is 1. The summed E-state index contributed by atoms with van der Waals surface area (Å²) in [6.45, 7) is 5.42. The Morgan fingerprint density at radius 3 is 2.56 bits per heavy atom. The van der Waals surface area contributed by atoms with Crippen LogP contribution in [0.1, 0.15) is 46.7 Å². The highest BCUT2D eigenvalue weighted by atomic mass is 79.9. The van der Waals surface area contributed by atoms with Gasteiger partial charge in [0.2, 0.25) is 5.78 Å². The maximum atomic E-state index is 13.1. The Morgan fingerprint density at radius 1 is 1.16 bits per heavy atom. The molecule has 0 N–H and O–H groups in total. The van der Waals surface area contributed by atoms with Crippen molar-refractivity contribution in [2.45, 2.75) is 32.8 Å². The molecule has 2 aromatic carbocycles. The summed E-state index contributed by atoms with van der Waals surface area (Å²) in [5.74, 6) is -0.783. The van der Waals surface area contributed by atoms with Gasteiger partial charge in [0.1, 0.15) is 11.1 Å². The van der Waals surface area contributed by atoms with Crippen molar-refractivity contribution >= 4 is 61.7 Å². The van der Waals surface area contributed by atoms with Gasteiger partial charge in [-0.2, -0.15) is 0 Å². The Balaban J connectivity index is 1.71. The van der Waals surface area contributed by atoms with Crippen molar-refractivity contribution in [3.63, 3.8) is 0 Å². The zero-order chi connectivity index (χ0) is 23.0. The van der Waals surface area contributed by atoms with Crippen molar-refractivity contribution < 1.29 is 18.7 Å². The second kappa shape index (κ2) is 8.81. The summed E-state index contributed by atoms with van der Waals surface area (Å²) in [5, 5.41) is 2.45. The Bertz CT molecular complexity index is 1320. The minimum Gasteiger partial charge on any atom is -0.456 e. The molecule has 0 saturated carbocycles. The normalized spacial score (nSPS) is 11.7. The van der Waals surface area contributed by atoms with E-state index < -0.39 is 11.6 Å². The van der Waals surface area contributed by atoms with Crippen molar-refractivity contribution in [1.29, 1.82) is 0 Å². The largest absolute Gasteiger partial charge is 0.456 e. The number of ketones is 1. The first-order chi connectivity index (χ1) is 15.1. The van der Waals surface area contributed by atoms with E-state index in [-0.39, 0.29) is 18.1 Å². The number of carbonyl (C=O) groups excluding carboxylic acids is 2. The van der Waals surface area contributed by atoms with Crippen molar-refractivity contribution in [1.82, 2.24) is 4.98 Å². The van der Waals surface area contributed by atoms with Gasteiger partial charge >= 0.3 is 5.97 Å². The lowest BCUT2D eigenvalue weighted by Gasteiger charge is -2.20. The molecular weight excluding hydrogens is 514 g/mol. The quantitative estimate of drug-likeness (QED) is 0.198. The molecule has 8 heteroatoms. The number of Topliss-reactive ketones (excluding diaryl/α,β-unsaturated/α-hetero) is 1. The SMILES string of the molecule is CC(C)(C)OC(=O)c1c(-c2ccc(Cl)cc2)csc1CC(=O)c1nc2cc(Br)ccc2o1. The molecule has 0 bridgehead atoms.